The second kappa shape index (κ2) is 4.88. The summed E-state index contributed by atoms with van der Waals surface area (Å²) >= 11 is 0. The maximum Gasteiger partial charge on any atom is 0.226 e. The third-order valence-electron chi connectivity index (χ3n) is 3.29. The molecule has 1 aromatic rings. The predicted molar refractivity (Wildman–Crippen MR) is 64.9 cm³/mol. The average molecular weight is 245 g/mol. The zero-order chi connectivity index (χ0) is 12.4. The van der Waals surface area contributed by atoms with Crippen LogP contribution in [0.4, 0.5) is 5.95 Å². The van der Waals surface area contributed by atoms with Crippen molar-refractivity contribution in [2.75, 3.05) is 24.6 Å². The summed E-state index contributed by atoms with van der Waals surface area (Å²) in [5.74, 6) is 0.662. The lowest BCUT2D eigenvalue weighted by Crippen LogP contribution is -2.44. The van der Waals surface area contributed by atoms with Crippen LogP contribution in [0.1, 0.15) is 18.5 Å². The van der Waals surface area contributed by atoms with Gasteiger partial charge < -0.3 is 9.64 Å². The van der Waals surface area contributed by atoms with E-state index in [1.165, 1.54) is 0 Å². The molecule has 2 aliphatic heterocycles. The van der Waals surface area contributed by atoms with Gasteiger partial charge in [-0.3, -0.25) is 5.32 Å². The topological polar surface area (TPSA) is 77.4 Å². The summed E-state index contributed by atoms with van der Waals surface area (Å²) < 4.78 is 5.17. The highest BCUT2D eigenvalue weighted by Crippen LogP contribution is 2.18. The Labute approximate surface area is 106 Å². The van der Waals surface area contributed by atoms with Gasteiger partial charge in [-0.1, -0.05) is 0 Å². The predicted octanol–water partition coefficient (Wildman–Crippen LogP) is 0.263. The van der Waals surface area contributed by atoms with Gasteiger partial charge in [0.25, 0.3) is 0 Å². The molecule has 1 unspecified atom stereocenters. The van der Waals surface area contributed by atoms with E-state index in [-0.39, 0.29) is 6.23 Å². The van der Waals surface area contributed by atoms with Crippen LogP contribution in [0.25, 0.3) is 0 Å². The number of piperidine rings is 1. The van der Waals surface area contributed by atoms with E-state index in [1.807, 2.05) is 6.07 Å². The van der Waals surface area contributed by atoms with Crippen LogP contribution in [0.3, 0.4) is 0 Å². The maximum absolute atomic E-state index is 8.83. The fraction of sp³-hybridized carbons (Fsp3) is 0.583. The smallest absolute Gasteiger partial charge is 0.226 e. The third-order valence-corrected chi connectivity index (χ3v) is 3.29. The van der Waals surface area contributed by atoms with Crippen molar-refractivity contribution in [1.29, 1.82) is 5.26 Å². The van der Waals surface area contributed by atoms with E-state index < -0.39 is 0 Å². The molecule has 2 aliphatic rings. The minimum Gasteiger partial charge on any atom is -0.357 e. The summed E-state index contributed by atoms with van der Waals surface area (Å²) in [6.07, 6.45) is 4.03. The van der Waals surface area contributed by atoms with E-state index in [1.54, 1.807) is 12.3 Å². The Morgan fingerprint density at radius 3 is 2.89 bits per heavy atom. The zero-order valence-corrected chi connectivity index (χ0v) is 10.0. The number of nitrogens with one attached hydrogen (secondary N) is 1. The number of hydrogen-bond donors (Lipinski definition) is 1. The molecule has 1 N–H and O–H groups in total. The molecule has 6 nitrogen and oxygen atoms in total. The van der Waals surface area contributed by atoms with Gasteiger partial charge in [-0.25, -0.2) is 9.97 Å². The van der Waals surface area contributed by atoms with Gasteiger partial charge in [0.05, 0.1) is 6.61 Å². The third kappa shape index (κ3) is 2.58. The number of epoxide rings is 1. The number of rotatable bonds is 3. The molecule has 2 fully saturated rings. The van der Waals surface area contributed by atoms with Gasteiger partial charge >= 0.3 is 0 Å². The van der Waals surface area contributed by atoms with Crippen molar-refractivity contribution in [1.82, 2.24) is 15.3 Å². The van der Waals surface area contributed by atoms with Crippen LogP contribution in [-0.4, -0.2) is 41.9 Å². The summed E-state index contributed by atoms with van der Waals surface area (Å²) in [5.41, 5.74) is 0.423. The van der Waals surface area contributed by atoms with Gasteiger partial charge in [0.2, 0.25) is 5.95 Å². The molecular formula is C12H15N5O. The molecule has 1 atom stereocenters. The van der Waals surface area contributed by atoms with Crippen molar-refractivity contribution in [3.8, 4) is 6.07 Å². The van der Waals surface area contributed by atoms with Crippen molar-refractivity contribution in [3.63, 3.8) is 0 Å². The standard InChI is InChI=1S/C12H15N5O/c13-7-10-1-4-14-12(16-10)17-5-2-9(3-6-17)15-11-8-18-11/h1,4,9,11,15H,2-3,5-6,8H2. The minimum atomic E-state index is 0.278. The molecule has 6 heteroatoms. The highest BCUT2D eigenvalue weighted by atomic mass is 16.6. The first kappa shape index (κ1) is 11.4. The van der Waals surface area contributed by atoms with Crippen LogP contribution >= 0.6 is 0 Å². The van der Waals surface area contributed by atoms with Crippen LogP contribution < -0.4 is 10.2 Å². The summed E-state index contributed by atoms with van der Waals surface area (Å²) in [4.78, 5) is 10.6. The molecule has 3 rings (SSSR count). The Kier molecular flexibility index (Phi) is 3.09. The SMILES string of the molecule is N#Cc1ccnc(N2CCC(NC3CO3)CC2)n1. The first-order valence-corrected chi connectivity index (χ1v) is 6.21. The second-order valence-electron chi connectivity index (χ2n) is 4.60. The largest absolute Gasteiger partial charge is 0.357 e. The zero-order valence-electron chi connectivity index (χ0n) is 10.0. The molecule has 94 valence electrons. The van der Waals surface area contributed by atoms with E-state index in [2.05, 4.69) is 20.2 Å². The Morgan fingerprint density at radius 2 is 2.22 bits per heavy atom. The number of ether oxygens (including phenoxy) is 1. The molecule has 0 aromatic carbocycles. The lowest BCUT2D eigenvalue weighted by atomic mass is 10.1. The minimum absolute atomic E-state index is 0.278. The molecule has 0 saturated carbocycles. The van der Waals surface area contributed by atoms with E-state index in [4.69, 9.17) is 10.00 Å². The van der Waals surface area contributed by atoms with Crippen LogP contribution in [0.15, 0.2) is 12.3 Å². The Balaban J connectivity index is 1.59. The normalized spacial score (nSPS) is 23.7. The van der Waals surface area contributed by atoms with Crippen molar-refractivity contribution >= 4 is 5.95 Å². The van der Waals surface area contributed by atoms with Crippen molar-refractivity contribution in [3.05, 3.63) is 18.0 Å². The number of hydrogen-bond acceptors (Lipinski definition) is 6. The van der Waals surface area contributed by atoms with Crippen molar-refractivity contribution in [2.24, 2.45) is 0 Å². The molecule has 18 heavy (non-hydrogen) atoms. The summed E-state index contributed by atoms with van der Waals surface area (Å²) in [6.45, 7) is 2.67. The van der Waals surface area contributed by atoms with Gasteiger partial charge in [-0.2, -0.15) is 5.26 Å². The molecule has 1 aromatic heterocycles. The molecule has 0 aliphatic carbocycles. The Hall–Kier alpha value is -1.71. The van der Waals surface area contributed by atoms with E-state index in [0.717, 1.165) is 32.5 Å². The Bertz CT molecular complexity index is 460. The van der Waals surface area contributed by atoms with Gasteiger partial charge in [0.15, 0.2) is 0 Å². The number of nitriles is 1. The van der Waals surface area contributed by atoms with E-state index in [0.29, 0.717) is 17.7 Å². The fourth-order valence-electron chi connectivity index (χ4n) is 2.22. The Morgan fingerprint density at radius 1 is 1.44 bits per heavy atom. The lowest BCUT2D eigenvalue weighted by molar-refractivity contribution is 0.315. The lowest BCUT2D eigenvalue weighted by Gasteiger charge is -2.32. The maximum atomic E-state index is 8.83. The number of anilines is 1. The summed E-state index contributed by atoms with van der Waals surface area (Å²) in [6, 6.07) is 4.19. The molecular weight excluding hydrogens is 230 g/mol. The average Bonchev–Trinajstić information content (AvgIpc) is 3.24. The quantitative estimate of drug-likeness (QED) is 0.770. The molecule has 0 radical (unpaired) electrons. The number of nitrogens with zero attached hydrogens (tertiary/aromatic N) is 4. The van der Waals surface area contributed by atoms with Crippen LogP contribution in [-0.2, 0) is 4.74 Å². The van der Waals surface area contributed by atoms with Crippen molar-refractivity contribution < 1.29 is 4.74 Å². The first-order chi connectivity index (χ1) is 8.85. The van der Waals surface area contributed by atoms with Crippen LogP contribution in [0, 0.1) is 11.3 Å². The molecule has 0 spiro atoms. The number of aromatic nitrogens is 2. The van der Waals surface area contributed by atoms with Crippen molar-refractivity contribution in [2.45, 2.75) is 25.1 Å². The van der Waals surface area contributed by atoms with Gasteiger partial charge in [0, 0.05) is 25.3 Å². The summed E-state index contributed by atoms with van der Waals surface area (Å²) in [5, 5.41) is 12.3. The molecule has 0 amide bonds. The summed E-state index contributed by atoms with van der Waals surface area (Å²) in [7, 11) is 0. The van der Waals surface area contributed by atoms with Gasteiger partial charge in [-0.15, -0.1) is 0 Å². The second-order valence-corrected chi connectivity index (χ2v) is 4.60. The van der Waals surface area contributed by atoms with Gasteiger partial charge in [0.1, 0.15) is 18.0 Å². The monoisotopic (exact) mass is 245 g/mol. The molecule has 2 saturated heterocycles. The van der Waals surface area contributed by atoms with Crippen LogP contribution in [0.5, 0.6) is 0 Å². The highest BCUT2D eigenvalue weighted by molar-refractivity contribution is 5.34. The van der Waals surface area contributed by atoms with Gasteiger partial charge in [-0.05, 0) is 18.9 Å². The molecule has 3 heterocycles. The highest BCUT2D eigenvalue weighted by Gasteiger charge is 2.28. The van der Waals surface area contributed by atoms with E-state index in [9.17, 15) is 0 Å². The molecule has 0 bridgehead atoms. The van der Waals surface area contributed by atoms with E-state index >= 15 is 0 Å². The fourth-order valence-corrected chi connectivity index (χ4v) is 2.22. The van der Waals surface area contributed by atoms with Crippen LogP contribution in [0.2, 0.25) is 0 Å². The first-order valence-electron chi connectivity index (χ1n) is 6.21.